The third-order valence-electron chi connectivity index (χ3n) is 9.28. The van der Waals surface area contributed by atoms with Gasteiger partial charge in [-0.05, 0) is 67.8 Å². The third-order valence-corrected chi connectivity index (χ3v) is 9.28. The van der Waals surface area contributed by atoms with Crippen LogP contribution in [0.2, 0.25) is 0 Å². The zero-order valence-electron chi connectivity index (χ0n) is 27.4. The molecule has 8 aromatic rings. The first kappa shape index (κ1) is 30.7. The van der Waals surface area contributed by atoms with Crippen LogP contribution < -0.4 is 0 Å². The molecule has 0 atom stereocenters. The summed E-state index contributed by atoms with van der Waals surface area (Å²) in [6.45, 7) is 0. The highest BCUT2D eigenvalue weighted by molar-refractivity contribution is 6.10. The molecule has 0 heterocycles. The Bertz CT molecular complexity index is 2210. The molecule has 2 nitrogen and oxygen atoms in total. The number of phenols is 2. The fourth-order valence-corrected chi connectivity index (χ4v) is 7.15. The summed E-state index contributed by atoms with van der Waals surface area (Å²) in [7, 11) is 0. The van der Waals surface area contributed by atoms with Gasteiger partial charge in [-0.1, -0.05) is 182 Å². The first-order valence-electron chi connectivity index (χ1n) is 16.8. The van der Waals surface area contributed by atoms with E-state index in [1.807, 2.05) is 146 Å². The molecular weight excluding hydrogens is 609 g/mol. The monoisotopic (exact) mass is 642 g/mol. The molecule has 0 saturated carbocycles. The Morgan fingerprint density at radius 3 is 0.660 bits per heavy atom. The smallest absolute Gasteiger partial charge is 0.124 e. The van der Waals surface area contributed by atoms with Gasteiger partial charge in [-0.2, -0.15) is 0 Å². The van der Waals surface area contributed by atoms with E-state index in [4.69, 9.17) is 0 Å². The Morgan fingerprint density at radius 2 is 0.420 bits per heavy atom. The summed E-state index contributed by atoms with van der Waals surface area (Å²) in [4.78, 5) is 0. The maximum absolute atomic E-state index is 12.2. The molecule has 0 spiro atoms. The number of hydrogen-bond donors (Lipinski definition) is 2. The van der Waals surface area contributed by atoms with E-state index >= 15 is 0 Å². The van der Waals surface area contributed by atoms with Crippen LogP contribution in [0.4, 0.5) is 0 Å². The second-order valence-electron chi connectivity index (χ2n) is 12.3. The van der Waals surface area contributed by atoms with Crippen LogP contribution in [-0.4, -0.2) is 10.2 Å². The van der Waals surface area contributed by atoms with Gasteiger partial charge in [0.2, 0.25) is 0 Å². The van der Waals surface area contributed by atoms with Gasteiger partial charge in [0.25, 0.3) is 0 Å². The molecule has 8 rings (SSSR count). The van der Waals surface area contributed by atoms with Crippen LogP contribution in [-0.2, 0) is 0 Å². The molecular formula is C48H34O2. The Morgan fingerprint density at radius 1 is 0.220 bits per heavy atom. The number of hydrogen-bond acceptors (Lipinski definition) is 2. The number of aromatic hydroxyl groups is 2. The van der Waals surface area contributed by atoms with Crippen molar-refractivity contribution in [3.05, 3.63) is 194 Å². The lowest BCUT2D eigenvalue weighted by Crippen LogP contribution is -1.99. The quantitative estimate of drug-likeness (QED) is 0.182. The Kier molecular flexibility index (Phi) is 8.26. The normalized spacial score (nSPS) is 11.0. The predicted molar refractivity (Wildman–Crippen MR) is 208 cm³/mol. The molecule has 0 aliphatic heterocycles. The summed E-state index contributed by atoms with van der Waals surface area (Å²) >= 11 is 0. The van der Waals surface area contributed by atoms with Crippen molar-refractivity contribution in [3.8, 4) is 89.4 Å². The molecule has 0 amide bonds. The van der Waals surface area contributed by atoms with Gasteiger partial charge in [-0.3, -0.25) is 0 Å². The van der Waals surface area contributed by atoms with Gasteiger partial charge in [-0.15, -0.1) is 0 Å². The lowest BCUT2D eigenvalue weighted by molar-refractivity contribution is 0.476. The van der Waals surface area contributed by atoms with Gasteiger partial charge in [0.15, 0.2) is 0 Å². The van der Waals surface area contributed by atoms with Crippen molar-refractivity contribution in [3.63, 3.8) is 0 Å². The lowest BCUT2D eigenvalue weighted by atomic mass is 9.78. The zero-order chi connectivity index (χ0) is 33.9. The highest BCUT2D eigenvalue weighted by Gasteiger charge is 2.28. The summed E-state index contributed by atoms with van der Waals surface area (Å²) in [5.41, 5.74) is 12.7. The second-order valence-corrected chi connectivity index (χ2v) is 12.3. The summed E-state index contributed by atoms with van der Waals surface area (Å²) in [5, 5.41) is 24.4. The molecule has 0 aromatic heterocycles. The minimum absolute atomic E-state index is 0.164. The maximum atomic E-state index is 12.2. The number of rotatable bonds is 7. The molecule has 0 saturated heterocycles. The van der Waals surface area contributed by atoms with E-state index in [9.17, 15) is 10.2 Å². The topological polar surface area (TPSA) is 40.5 Å². The van der Waals surface area contributed by atoms with E-state index in [0.717, 1.165) is 77.9 Å². The van der Waals surface area contributed by atoms with E-state index in [0.29, 0.717) is 0 Å². The van der Waals surface area contributed by atoms with Crippen molar-refractivity contribution < 1.29 is 10.2 Å². The van der Waals surface area contributed by atoms with Gasteiger partial charge >= 0.3 is 0 Å². The molecule has 0 radical (unpaired) electrons. The molecule has 2 N–H and O–H groups in total. The van der Waals surface area contributed by atoms with Crippen molar-refractivity contribution in [1.29, 1.82) is 0 Å². The zero-order valence-corrected chi connectivity index (χ0v) is 27.4. The van der Waals surface area contributed by atoms with E-state index in [-0.39, 0.29) is 11.5 Å². The summed E-state index contributed by atoms with van der Waals surface area (Å²) < 4.78 is 0. The van der Waals surface area contributed by atoms with Crippen LogP contribution in [0.1, 0.15) is 0 Å². The summed E-state index contributed by atoms with van der Waals surface area (Å²) in [6.07, 6.45) is 0. The first-order valence-corrected chi connectivity index (χ1v) is 16.8. The van der Waals surface area contributed by atoms with E-state index in [2.05, 4.69) is 48.5 Å². The highest BCUT2D eigenvalue weighted by atomic mass is 16.3. The molecule has 0 bridgehead atoms. The van der Waals surface area contributed by atoms with Gasteiger partial charge in [-0.25, -0.2) is 0 Å². The van der Waals surface area contributed by atoms with E-state index in [1.165, 1.54) is 0 Å². The van der Waals surface area contributed by atoms with Gasteiger partial charge in [0, 0.05) is 22.3 Å². The highest BCUT2D eigenvalue weighted by Crippen LogP contribution is 2.55. The van der Waals surface area contributed by atoms with Crippen molar-refractivity contribution in [1.82, 2.24) is 0 Å². The minimum atomic E-state index is 0.164. The maximum Gasteiger partial charge on any atom is 0.124 e. The Hall–Kier alpha value is -6.64. The Labute approximate surface area is 292 Å². The SMILES string of the molecule is Oc1cc(-c2cc(O)c(-c3ccccc3)c(-c3ccccc3)c2-c2ccccc2)c(-c2ccccc2)c(-c2ccccc2)c1-c1ccccc1. The number of phenolic OH excluding ortho intramolecular Hbond substituents is 2. The first-order chi connectivity index (χ1) is 24.7. The average Bonchev–Trinajstić information content (AvgIpc) is 3.19. The van der Waals surface area contributed by atoms with Crippen LogP contribution in [0.25, 0.3) is 77.9 Å². The fraction of sp³-hybridized carbons (Fsp3) is 0. The van der Waals surface area contributed by atoms with Gasteiger partial charge in [0.05, 0.1) is 0 Å². The summed E-state index contributed by atoms with van der Waals surface area (Å²) in [5.74, 6) is 0.327. The fourth-order valence-electron chi connectivity index (χ4n) is 7.15. The van der Waals surface area contributed by atoms with Crippen molar-refractivity contribution in [2.75, 3.05) is 0 Å². The largest absolute Gasteiger partial charge is 0.507 e. The molecule has 238 valence electrons. The van der Waals surface area contributed by atoms with Crippen molar-refractivity contribution in [2.24, 2.45) is 0 Å². The molecule has 50 heavy (non-hydrogen) atoms. The standard InChI is InChI=1S/C48H34O2/c49-41-31-39(43(33-19-7-1-8-20-33)47(37-27-15-5-16-28-37)45(41)35-23-11-3-12-24-35)40-32-42(50)46(36-25-13-4-14-26-36)48(38-29-17-6-18-30-38)44(40)34-21-9-2-10-22-34/h1-32,49-50H. The van der Waals surface area contributed by atoms with Crippen LogP contribution in [0, 0.1) is 0 Å². The van der Waals surface area contributed by atoms with Gasteiger partial charge < -0.3 is 10.2 Å². The van der Waals surface area contributed by atoms with Crippen LogP contribution >= 0.6 is 0 Å². The average molecular weight is 643 g/mol. The minimum Gasteiger partial charge on any atom is -0.507 e. The van der Waals surface area contributed by atoms with Crippen molar-refractivity contribution in [2.45, 2.75) is 0 Å². The summed E-state index contributed by atoms with van der Waals surface area (Å²) in [6, 6.07) is 65.2. The molecule has 0 fully saturated rings. The lowest BCUT2D eigenvalue weighted by Gasteiger charge is -2.26. The predicted octanol–water partition coefficient (Wildman–Crippen LogP) is 12.8. The second kappa shape index (κ2) is 13.5. The van der Waals surface area contributed by atoms with E-state index < -0.39 is 0 Å². The van der Waals surface area contributed by atoms with Crippen LogP contribution in [0.15, 0.2) is 194 Å². The van der Waals surface area contributed by atoms with Gasteiger partial charge in [0.1, 0.15) is 11.5 Å². The van der Waals surface area contributed by atoms with E-state index in [1.54, 1.807) is 0 Å². The molecule has 0 aliphatic rings. The van der Waals surface area contributed by atoms with Crippen molar-refractivity contribution >= 4 is 0 Å². The molecule has 0 aliphatic carbocycles. The number of benzene rings is 8. The third kappa shape index (κ3) is 5.63. The van der Waals surface area contributed by atoms with Crippen LogP contribution in [0.3, 0.4) is 0 Å². The molecule has 0 unspecified atom stereocenters. The van der Waals surface area contributed by atoms with Crippen LogP contribution in [0.5, 0.6) is 11.5 Å². The Balaban J connectivity index is 1.59. The molecule has 8 aromatic carbocycles. The molecule has 2 heteroatoms.